The van der Waals surface area contributed by atoms with Gasteiger partial charge in [-0.1, -0.05) is 18.2 Å². The number of carbonyl (C=O) groups excluding carboxylic acids is 3. The number of carboxylic acids is 1. The lowest BCUT2D eigenvalue weighted by molar-refractivity contribution is -0.137. The van der Waals surface area contributed by atoms with Gasteiger partial charge in [-0.05, 0) is 56.0 Å². The van der Waals surface area contributed by atoms with Gasteiger partial charge in [-0.15, -0.1) is 0 Å². The third kappa shape index (κ3) is 5.90. The zero-order chi connectivity index (χ0) is 28.3. The minimum atomic E-state index is -0.899. The number of amides is 2. The van der Waals surface area contributed by atoms with Crippen molar-refractivity contribution >= 4 is 40.2 Å². The van der Waals surface area contributed by atoms with E-state index in [9.17, 15) is 19.2 Å². The van der Waals surface area contributed by atoms with Crippen molar-refractivity contribution in [1.82, 2.24) is 19.7 Å². The zero-order valence-corrected chi connectivity index (χ0v) is 22.3. The fourth-order valence-electron chi connectivity index (χ4n) is 4.58. The molecule has 2 amide bonds. The first-order chi connectivity index (χ1) is 18.6. The average molecular weight is 530 g/mol. The predicted molar refractivity (Wildman–Crippen MR) is 147 cm³/mol. The molecule has 0 saturated heterocycles. The van der Waals surface area contributed by atoms with Crippen molar-refractivity contribution in [3.63, 3.8) is 0 Å². The van der Waals surface area contributed by atoms with E-state index in [1.54, 1.807) is 57.5 Å². The molecule has 4 aromatic rings. The summed E-state index contributed by atoms with van der Waals surface area (Å²) in [7, 11) is 3.29. The Hall–Kier alpha value is -4.73. The highest BCUT2D eigenvalue weighted by molar-refractivity contribution is 6.09. The van der Waals surface area contributed by atoms with Gasteiger partial charge in [0.15, 0.2) is 5.78 Å². The van der Waals surface area contributed by atoms with Gasteiger partial charge in [0.25, 0.3) is 5.91 Å². The van der Waals surface area contributed by atoms with Crippen molar-refractivity contribution in [2.24, 2.45) is 7.05 Å². The Bertz CT molecular complexity index is 1580. The minimum Gasteiger partial charge on any atom is -0.481 e. The number of aromatic nitrogens is 3. The number of hydrogen-bond donors (Lipinski definition) is 3. The van der Waals surface area contributed by atoms with Crippen LogP contribution < -0.4 is 10.6 Å². The van der Waals surface area contributed by atoms with E-state index in [-0.39, 0.29) is 24.0 Å². The van der Waals surface area contributed by atoms with Crippen LogP contribution in [-0.2, 0) is 23.1 Å². The average Bonchev–Trinajstić information content (AvgIpc) is 3.50. The molecule has 3 N–H and O–H groups in total. The van der Waals surface area contributed by atoms with E-state index < -0.39 is 12.0 Å². The molecule has 0 spiro atoms. The summed E-state index contributed by atoms with van der Waals surface area (Å²) in [5, 5.41) is 19.6. The molecule has 1 unspecified atom stereocenters. The van der Waals surface area contributed by atoms with Gasteiger partial charge in [0.05, 0.1) is 11.8 Å². The lowest BCUT2D eigenvalue weighted by Crippen LogP contribution is -2.24. The molecule has 0 aliphatic heterocycles. The van der Waals surface area contributed by atoms with E-state index in [0.717, 1.165) is 22.0 Å². The first kappa shape index (κ1) is 27.3. The maximum atomic E-state index is 13.5. The molecule has 0 fully saturated rings. The monoisotopic (exact) mass is 529 g/mol. The lowest BCUT2D eigenvalue weighted by Gasteiger charge is -2.18. The molecular formula is C29H31N5O5. The summed E-state index contributed by atoms with van der Waals surface area (Å²) in [6.45, 7) is 3.70. The van der Waals surface area contributed by atoms with Crippen molar-refractivity contribution in [1.29, 1.82) is 0 Å². The number of nitrogens with zero attached hydrogens (tertiary/aromatic N) is 3. The van der Waals surface area contributed by atoms with E-state index in [2.05, 4.69) is 15.7 Å². The number of anilines is 1. The number of hydrogen-bond acceptors (Lipinski definition) is 5. The molecule has 2 aromatic carbocycles. The van der Waals surface area contributed by atoms with Crippen LogP contribution in [0, 0.1) is 6.92 Å². The van der Waals surface area contributed by atoms with Crippen LogP contribution in [0.25, 0.3) is 10.9 Å². The normalized spacial score (nSPS) is 11.8. The largest absolute Gasteiger partial charge is 0.481 e. The quantitative estimate of drug-likeness (QED) is 0.267. The van der Waals surface area contributed by atoms with Crippen LogP contribution >= 0.6 is 0 Å². The molecule has 0 bridgehead atoms. The lowest BCUT2D eigenvalue weighted by atomic mass is 9.99. The molecule has 0 aliphatic carbocycles. The van der Waals surface area contributed by atoms with E-state index >= 15 is 0 Å². The summed E-state index contributed by atoms with van der Waals surface area (Å²) in [6, 6.07) is 9.77. The van der Waals surface area contributed by atoms with Crippen LogP contribution in [0.3, 0.4) is 0 Å². The third-order valence-electron chi connectivity index (χ3n) is 6.75. The Labute approximate surface area is 225 Å². The zero-order valence-electron chi connectivity index (χ0n) is 22.3. The molecule has 10 nitrogen and oxygen atoms in total. The SMILES string of the molecule is CNC(=O)c1ccc2c(C)cn(C(C)C(=O)Nc3cc(C(=O)c4cnn(C)c4)ccc3CCCC(=O)O)c2c1. The summed E-state index contributed by atoms with van der Waals surface area (Å²) < 4.78 is 3.36. The summed E-state index contributed by atoms with van der Waals surface area (Å²) in [5.74, 6) is -1.68. The molecule has 1 atom stereocenters. The topological polar surface area (TPSA) is 135 Å². The van der Waals surface area contributed by atoms with E-state index in [1.165, 1.54) is 10.9 Å². The molecule has 4 rings (SSSR count). The second kappa shape index (κ2) is 11.3. The fraction of sp³-hybridized carbons (Fsp3) is 0.276. The van der Waals surface area contributed by atoms with Gasteiger partial charge in [-0.2, -0.15) is 5.10 Å². The van der Waals surface area contributed by atoms with Gasteiger partial charge in [0.1, 0.15) is 6.04 Å². The number of rotatable bonds is 10. The highest BCUT2D eigenvalue weighted by atomic mass is 16.4. The van der Waals surface area contributed by atoms with Gasteiger partial charge in [0, 0.05) is 60.6 Å². The van der Waals surface area contributed by atoms with Crippen LogP contribution in [0.1, 0.15) is 63.2 Å². The molecule has 0 saturated carbocycles. The summed E-state index contributed by atoms with van der Waals surface area (Å²) in [4.78, 5) is 49.8. The third-order valence-corrected chi connectivity index (χ3v) is 6.75. The van der Waals surface area contributed by atoms with Gasteiger partial charge < -0.3 is 20.3 Å². The minimum absolute atomic E-state index is 0.0114. The van der Waals surface area contributed by atoms with Crippen molar-refractivity contribution in [2.75, 3.05) is 12.4 Å². The molecule has 10 heteroatoms. The second-order valence-corrected chi connectivity index (χ2v) is 9.55. The van der Waals surface area contributed by atoms with Crippen LogP contribution in [0.5, 0.6) is 0 Å². The van der Waals surface area contributed by atoms with Crippen LogP contribution in [0.2, 0.25) is 0 Å². The van der Waals surface area contributed by atoms with Gasteiger partial charge in [-0.25, -0.2) is 0 Å². The Morgan fingerprint density at radius 1 is 1.03 bits per heavy atom. The van der Waals surface area contributed by atoms with E-state index in [4.69, 9.17) is 5.11 Å². The van der Waals surface area contributed by atoms with Gasteiger partial charge in [-0.3, -0.25) is 23.9 Å². The molecule has 202 valence electrons. The predicted octanol–water partition coefficient (Wildman–Crippen LogP) is 3.88. The fourth-order valence-corrected chi connectivity index (χ4v) is 4.58. The standard InChI is InChI=1S/C29H31N5O5/c1-17-15-34(25-13-21(29(39)30-3)10-11-23(17)25)18(2)28(38)32-24-12-20(27(37)22-14-31-33(4)16-22)9-8-19(24)6-5-7-26(35)36/h8-16,18H,5-7H2,1-4H3,(H,30,39)(H,32,38)(H,35,36). The molecule has 39 heavy (non-hydrogen) atoms. The van der Waals surface area contributed by atoms with Crippen molar-refractivity contribution in [2.45, 2.75) is 39.2 Å². The molecule has 0 aliphatic rings. The summed E-state index contributed by atoms with van der Waals surface area (Å²) >= 11 is 0. The van der Waals surface area contributed by atoms with Gasteiger partial charge >= 0.3 is 5.97 Å². The number of aryl methyl sites for hydroxylation is 3. The summed E-state index contributed by atoms with van der Waals surface area (Å²) in [5.41, 5.74) is 4.18. The number of aliphatic carboxylic acids is 1. The molecular weight excluding hydrogens is 498 g/mol. The number of fused-ring (bicyclic) bond motifs is 1. The number of carboxylic acid groups (broad SMARTS) is 1. The Kier molecular flexibility index (Phi) is 7.94. The Morgan fingerprint density at radius 3 is 2.44 bits per heavy atom. The number of benzene rings is 2. The van der Waals surface area contributed by atoms with Crippen molar-refractivity contribution in [3.8, 4) is 0 Å². The maximum Gasteiger partial charge on any atom is 0.303 e. The first-order valence-electron chi connectivity index (χ1n) is 12.6. The molecule has 0 radical (unpaired) electrons. The number of ketones is 1. The molecule has 2 heterocycles. The Balaban J connectivity index is 1.66. The molecule has 2 aromatic heterocycles. The summed E-state index contributed by atoms with van der Waals surface area (Å²) in [6.07, 6.45) is 5.76. The van der Waals surface area contributed by atoms with Crippen LogP contribution in [0.4, 0.5) is 5.69 Å². The number of nitrogens with one attached hydrogen (secondary N) is 2. The van der Waals surface area contributed by atoms with E-state index in [0.29, 0.717) is 35.2 Å². The van der Waals surface area contributed by atoms with Crippen molar-refractivity contribution < 1.29 is 24.3 Å². The van der Waals surface area contributed by atoms with Crippen molar-refractivity contribution in [3.05, 3.63) is 82.8 Å². The number of carbonyl (C=O) groups is 4. The second-order valence-electron chi connectivity index (χ2n) is 9.55. The first-order valence-corrected chi connectivity index (χ1v) is 12.6. The highest BCUT2D eigenvalue weighted by Crippen LogP contribution is 2.28. The highest BCUT2D eigenvalue weighted by Gasteiger charge is 2.21. The Morgan fingerprint density at radius 2 is 1.77 bits per heavy atom. The van der Waals surface area contributed by atoms with E-state index in [1.807, 2.05) is 23.8 Å². The van der Waals surface area contributed by atoms with Crippen LogP contribution in [-0.4, -0.2) is 50.1 Å². The van der Waals surface area contributed by atoms with Gasteiger partial charge in [0.2, 0.25) is 5.91 Å². The smallest absolute Gasteiger partial charge is 0.303 e. The van der Waals surface area contributed by atoms with Crippen LogP contribution in [0.15, 0.2) is 55.0 Å². The maximum absolute atomic E-state index is 13.5.